The zero-order chi connectivity index (χ0) is 14.1. The van der Waals surface area contributed by atoms with Crippen molar-refractivity contribution in [3.8, 4) is 0 Å². The lowest BCUT2D eigenvalue weighted by Gasteiger charge is -2.16. The van der Waals surface area contributed by atoms with Gasteiger partial charge in [-0.15, -0.1) is 11.3 Å². The molecule has 3 rings (SSSR count). The van der Waals surface area contributed by atoms with E-state index in [9.17, 15) is 0 Å². The van der Waals surface area contributed by atoms with Crippen LogP contribution >= 0.6 is 11.3 Å². The van der Waals surface area contributed by atoms with E-state index in [0.29, 0.717) is 0 Å². The van der Waals surface area contributed by atoms with Gasteiger partial charge >= 0.3 is 0 Å². The Balaban J connectivity index is 1.89. The van der Waals surface area contributed by atoms with Crippen LogP contribution in [0.1, 0.15) is 28.7 Å². The summed E-state index contributed by atoms with van der Waals surface area (Å²) in [6.07, 6.45) is 4.76. The normalized spacial score (nSPS) is 12.9. The van der Waals surface area contributed by atoms with Crippen LogP contribution < -0.4 is 11.3 Å². The van der Waals surface area contributed by atoms with Crippen LogP contribution in [0.3, 0.4) is 0 Å². The Labute approximate surface area is 120 Å². The molecule has 0 saturated heterocycles. The van der Waals surface area contributed by atoms with Gasteiger partial charge in [-0.3, -0.25) is 15.7 Å². The quantitative estimate of drug-likeness (QED) is 0.562. The fourth-order valence-corrected chi connectivity index (χ4v) is 2.98. The lowest BCUT2D eigenvalue weighted by molar-refractivity contribution is 0.539. The third kappa shape index (κ3) is 2.43. The monoisotopic (exact) mass is 288 g/mol. The van der Waals surface area contributed by atoms with Crippen LogP contribution in [0.4, 0.5) is 0 Å². The minimum absolute atomic E-state index is 0.0196. The third-order valence-corrected chi connectivity index (χ3v) is 4.04. The van der Waals surface area contributed by atoms with Crippen LogP contribution in [-0.2, 0) is 6.42 Å². The van der Waals surface area contributed by atoms with E-state index in [2.05, 4.69) is 20.6 Å². The predicted octanol–water partition coefficient (Wildman–Crippen LogP) is 1.55. The van der Waals surface area contributed by atoms with Gasteiger partial charge in [-0.05, 0) is 25.5 Å². The Morgan fingerprint density at radius 2 is 2.25 bits per heavy atom. The number of fused-ring (bicyclic) bond motifs is 1. The second kappa shape index (κ2) is 5.28. The Morgan fingerprint density at radius 1 is 1.40 bits per heavy atom. The van der Waals surface area contributed by atoms with Gasteiger partial charge in [0.05, 0.1) is 23.1 Å². The second-order valence-corrected chi connectivity index (χ2v) is 5.65. The molecule has 0 amide bonds. The summed E-state index contributed by atoms with van der Waals surface area (Å²) >= 11 is 1.62. The summed E-state index contributed by atoms with van der Waals surface area (Å²) in [5.41, 5.74) is 6.71. The molecule has 0 aliphatic rings. The molecule has 0 saturated carbocycles. The van der Waals surface area contributed by atoms with Gasteiger partial charge < -0.3 is 0 Å². The average Bonchev–Trinajstić information content (AvgIpc) is 3.00. The Bertz CT molecular complexity index is 703. The van der Waals surface area contributed by atoms with Crippen LogP contribution in [0.2, 0.25) is 0 Å². The molecule has 3 aromatic rings. The van der Waals surface area contributed by atoms with Crippen molar-refractivity contribution in [2.45, 2.75) is 26.3 Å². The zero-order valence-electron chi connectivity index (χ0n) is 11.4. The molecule has 104 valence electrons. The highest BCUT2D eigenvalue weighted by molar-refractivity contribution is 7.15. The summed E-state index contributed by atoms with van der Waals surface area (Å²) in [6, 6.07) is 2.00. The summed E-state index contributed by atoms with van der Waals surface area (Å²) in [5.74, 6) is 5.71. The summed E-state index contributed by atoms with van der Waals surface area (Å²) < 4.78 is 2.02. The minimum Gasteiger partial charge on any atom is -0.297 e. The molecule has 3 heterocycles. The number of imidazole rings is 1. The maximum absolute atomic E-state index is 5.71. The maximum atomic E-state index is 5.71. The number of aryl methyl sites for hydroxylation is 2. The molecule has 3 aromatic heterocycles. The molecule has 20 heavy (non-hydrogen) atoms. The van der Waals surface area contributed by atoms with Gasteiger partial charge in [-0.25, -0.2) is 4.98 Å². The lowest BCUT2D eigenvalue weighted by atomic mass is 10.0. The highest BCUT2D eigenvalue weighted by Gasteiger charge is 2.16. The Hall–Kier alpha value is -1.83. The highest BCUT2D eigenvalue weighted by Crippen LogP contribution is 2.21. The SMILES string of the molecule is Cc1cc(C(Cc2cn3ccsc3n2)NN)c(C)nn1. The molecule has 3 N–H and O–H groups in total. The first kappa shape index (κ1) is 13.2. The first-order chi connectivity index (χ1) is 9.67. The fourth-order valence-electron chi connectivity index (χ4n) is 2.26. The summed E-state index contributed by atoms with van der Waals surface area (Å²) in [4.78, 5) is 5.58. The first-order valence-electron chi connectivity index (χ1n) is 6.35. The summed E-state index contributed by atoms with van der Waals surface area (Å²) in [6.45, 7) is 3.87. The van der Waals surface area contributed by atoms with E-state index in [-0.39, 0.29) is 6.04 Å². The van der Waals surface area contributed by atoms with Gasteiger partial charge in [0.25, 0.3) is 0 Å². The molecule has 0 radical (unpaired) electrons. The summed E-state index contributed by atoms with van der Waals surface area (Å²) in [5, 5.41) is 10.2. The molecule has 1 unspecified atom stereocenters. The van der Waals surface area contributed by atoms with Gasteiger partial charge in [0.2, 0.25) is 0 Å². The predicted molar refractivity (Wildman–Crippen MR) is 78.3 cm³/mol. The molecule has 0 aliphatic heterocycles. The van der Waals surface area contributed by atoms with E-state index in [0.717, 1.165) is 34.0 Å². The number of nitrogens with zero attached hydrogens (tertiary/aromatic N) is 4. The molecule has 6 nitrogen and oxygen atoms in total. The smallest absolute Gasteiger partial charge is 0.193 e. The summed E-state index contributed by atoms with van der Waals surface area (Å²) in [7, 11) is 0. The van der Waals surface area contributed by atoms with Crippen LogP contribution in [0.15, 0.2) is 23.8 Å². The largest absolute Gasteiger partial charge is 0.297 e. The van der Waals surface area contributed by atoms with Crippen molar-refractivity contribution in [2.75, 3.05) is 0 Å². The van der Waals surface area contributed by atoms with E-state index in [1.165, 1.54) is 0 Å². The number of hydrogen-bond acceptors (Lipinski definition) is 6. The van der Waals surface area contributed by atoms with E-state index in [4.69, 9.17) is 5.84 Å². The molecular formula is C13H16N6S. The van der Waals surface area contributed by atoms with Crippen molar-refractivity contribution in [1.82, 2.24) is 25.0 Å². The fraction of sp³-hybridized carbons (Fsp3) is 0.308. The standard InChI is InChI=1S/C13H16N6S/c1-8-5-11(9(2)18-17-8)12(16-14)6-10-7-19-3-4-20-13(19)15-10/h3-5,7,12,16H,6,14H2,1-2H3. The average molecular weight is 288 g/mol. The number of nitrogens with one attached hydrogen (secondary N) is 1. The number of thiazole rings is 1. The van der Waals surface area contributed by atoms with E-state index < -0.39 is 0 Å². The van der Waals surface area contributed by atoms with Crippen molar-refractivity contribution >= 4 is 16.3 Å². The van der Waals surface area contributed by atoms with E-state index in [1.807, 2.05) is 42.1 Å². The van der Waals surface area contributed by atoms with Crippen molar-refractivity contribution in [2.24, 2.45) is 5.84 Å². The molecule has 0 spiro atoms. The van der Waals surface area contributed by atoms with Gasteiger partial charge in [-0.2, -0.15) is 10.2 Å². The number of rotatable bonds is 4. The molecule has 0 aliphatic carbocycles. The molecule has 1 atom stereocenters. The lowest BCUT2D eigenvalue weighted by Crippen LogP contribution is -2.30. The molecular weight excluding hydrogens is 272 g/mol. The molecule has 7 heteroatoms. The van der Waals surface area contributed by atoms with Crippen LogP contribution in [0.5, 0.6) is 0 Å². The van der Waals surface area contributed by atoms with Crippen LogP contribution in [-0.4, -0.2) is 19.6 Å². The van der Waals surface area contributed by atoms with Crippen LogP contribution in [0.25, 0.3) is 4.96 Å². The van der Waals surface area contributed by atoms with Crippen molar-refractivity contribution in [1.29, 1.82) is 0 Å². The van der Waals surface area contributed by atoms with Crippen molar-refractivity contribution < 1.29 is 0 Å². The molecule has 0 bridgehead atoms. The van der Waals surface area contributed by atoms with Gasteiger partial charge in [0, 0.05) is 24.2 Å². The van der Waals surface area contributed by atoms with Crippen molar-refractivity contribution in [3.05, 3.63) is 46.5 Å². The van der Waals surface area contributed by atoms with Gasteiger partial charge in [-0.1, -0.05) is 0 Å². The number of nitrogens with two attached hydrogens (primary N) is 1. The Morgan fingerprint density at radius 3 is 3.00 bits per heavy atom. The van der Waals surface area contributed by atoms with Gasteiger partial charge in [0.1, 0.15) is 0 Å². The van der Waals surface area contributed by atoms with Gasteiger partial charge in [0.15, 0.2) is 4.96 Å². The highest BCUT2D eigenvalue weighted by atomic mass is 32.1. The topological polar surface area (TPSA) is 81.1 Å². The maximum Gasteiger partial charge on any atom is 0.193 e. The third-order valence-electron chi connectivity index (χ3n) is 3.27. The first-order valence-corrected chi connectivity index (χ1v) is 7.23. The molecule has 0 fully saturated rings. The zero-order valence-corrected chi connectivity index (χ0v) is 12.2. The molecule has 0 aromatic carbocycles. The van der Waals surface area contributed by atoms with Crippen molar-refractivity contribution in [3.63, 3.8) is 0 Å². The van der Waals surface area contributed by atoms with E-state index >= 15 is 0 Å². The van der Waals surface area contributed by atoms with Crippen LogP contribution in [0, 0.1) is 13.8 Å². The number of aromatic nitrogens is 4. The number of hydrazine groups is 1. The second-order valence-electron chi connectivity index (χ2n) is 4.77. The minimum atomic E-state index is -0.0196. The van der Waals surface area contributed by atoms with E-state index in [1.54, 1.807) is 11.3 Å². The number of hydrogen-bond donors (Lipinski definition) is 2. The Kier molecular flexibility index (Phi) is 3.47.